The van der Waals surface area contributed by atoms with Crippen molar-refractivity contribution in [2.24, 2.45) is 5.41 Å². The average molecular weight is 272 g/mol. The monoisotopic (exact) mass is 272 g/mol. The van der Waals surface area contributed by atoms with Crippen molar-refractivity contribution in [3.8, 4) is 0 Å². The molecule has 1 aliphatic carbocycles. The Bertz CT molecular complexity index is 381. The minimum absolute atomic E-state index is 0.107. The summed E-state index contributed by atoms with van der Waals surface area (Å²) in [6.07, 6.45) is 2.02. The lowest BCUT2D eigenvalue weighted by Gasteiger charge is -2.14. The molecule has 0 radical (unpaired) electrons. The second kappa shape index (κ2) is 5.17. The van der Waals surface area contributed by atoms with E-state index >= 15 is 0 Å². The number of amides is 3. The predicted molar refractivity (Wildman–Crippen MR) is 66.4 cm³/mol. The first kappa shape index (κ1) is 13.2. The Morgan fingerprint density at radius 3 is 2.67 bits per heavy atom. The van der Waals surface area contributed by atoms with E-state index in [-0.39, 0.29) is 29.5 Å². The number of thioether (sulfide) groups is 1. The van der Waals surface area contributed by atoms with E-state index in [4.69, 9.17) is 5.11 Å². The number of carbonyl (C=O) groups excluding carboxylic acids is 2. The smallest absolute Gasteiger partial charge is 0.324 e. The standard InChI is InChI=1S/C11H16N2O4S/c14-8(13-4-3-12-10(13)17)6-18-7-11(1-2-11)5-9(15)16/h1-7H2,(H,12,17)(H,15,16). The fraction of sp³-hybridized carbons (Fsp3) is 0.727. The number of rotatable bonds is 6. The second-order valence-electron chi connectivity index (χ2n) is 4.84. The summed E-state index contributed by atoms with van der Waals surface area (Å²) in [5.74, 6) is -0.0468. The van der Waals surface area contributed by atoms with Crippen LogP contribution in [0.25, 0.3) is 0 Å². The van der Waals surface area contributed by atoms with E-state index in [0.717, 1.165) is 12.8 Å². The molecule has 6 nitrogen and oxygen atoms in total. The van der Waals surface area contributed by atoms with Crippen molar-refractivity contribution in [2.45, 2.75) is 19.3 Å². The summed E-state index contributed by atoms with van der Waals surface area (Å²) in [5.41, 5.74) is -0.107. The number of imide groups is 1. The van der Waals surface area contributed by atoms with Gasteiger partial charge in [0.25, 0.3) is 0 Å². The number of aliphatic carboxylic acids is 1. The Kier molecular flexibility index (Phi) is 3.79. The van der Waals surface area contributed by atoms with Crippen molar-refractivity contribution in [1.29, 1.82) is 0 Å². The maximum Gasteiger partial charge on any atom is 0.324 e. The van der Waals surface area contributed by atoms with Gasteiger partial charge in [-0.2, -0.15) is 11.8 Å². The highest BCUT2D eigenvalue weighted by Crippen LogP contribution is 2.50. The largest absolute Gasteiger partial charge is 0.481 e. The number of hydrogen-bond acceptors (Lipinski definition) is 4. The zero-order chi connectivity index (χ0) is 13.2. The van der Waals surface area contributed by atoms with Crippen LogP contribution in [0.1, 0.15) is 19.3 Å². The molecule has 0 aromatic carbocycles. The van der Waals surface area contributed by atoms with Gasteiger partial charge < -0.3 is 10.4 Å². The molecule has 100 valence electrons. The molecule has 2 fully saturated rings. The van der Waals surface area contributed by atoms with Crippen LogP contribution in [-0.4, -0.2) is 52.5 Å². The summed E-state index contributed by atoms with van der Waals surface area (Å²) in [7, 11) is 0. The van der Waals surface area contributed by atoms with Crippen LogP contribution < -0.4 is 5.32 Å². The molecular formula is C11H16N2O4S. The van der Waals surface area contributed by atoms with Gasteiger partial charge in [0.2, 0.25) is 5.91 Å². The molecule has 7 heteroatoms. The highest BCUT2D eigenvalue weighted by atomic mass is 32.2. The summed E-state index contributed by atoms with van der Waals surface area (Å²) in [6.45, 7) is 0.941. The zero-order valence-electron chi connectivity index (χ0n) is 9.98. The molecule has 0 aromatic heterocycles. The summed E-state index contributed by atoms with van der Waals surface area (Å²) < 4.78 is 0. The second-order valence-corrected chi connectivity index (χ2v) is 5.83. The number of urea groups is 1. The molecule has 2 aliphatic rings. The van der Waals surface area contributed by atoms with Crippen LogP contribution in [0.2, 0.25) is 0 Å². The van der Waals surface area contributed by atoms with Crippen LogP contribution in [0, 0.1) is 5.41 Å². The van der Waals surface area contributed by atoms with Gasteiger partial charge in [0.05, 0.1) is 12.2 Å². The number of nitrogens with one attached hydrogen (secondary N) is 1. The molecule has 0 unspecified atom stereocenters. The van der Waals surface area contributed by atoms with Gasteiger partial charge in [-0.15, -0.1) is 0 Å². The summed E-state index contributed by atoms with van der Waals surface area (Å²) >= 11 is 1.43. The fourth-order valence-electron chi connectivity index (χ4n) is 2.01. The number of hydrogen-bond donors (Lipinski definition) is 2. The number of carboxylic acids is 1. The van der Waals surface area contributed by atoms with Crippen molar-refractivity contribution >= 4 is 29.7 Å². The van der Waals surface area contributed by atoms with Crippen LogP contribution in [0.15, 0.2) is 0 Å². The molecule has 1 heterocycles. The van der Waals surface area contributed by atoms with Crippen molar-refractivity contribution in [2.75, 3.05) is 24.6 Å². The van der Waals surface area contributed by atoms with E-state index < -0.39 is 5.97 Å². The summed E-state index contributed by atoms with van der Waals surface area (Å²) in [6, 6.07) is -0.327. The molecule has 2 rings (SSSR count). The minimum Gasteiger partial charge on any atom is -0.481 e. The first-order valence-corrected chi connectivity index (χ1v) is 7.06. The Morgan fingerprint density at radius 2 is 2.17 bits per heavy atom. The Morgan fingerprint density at radius 1 is 1.44 bits per heavy atom. The minimum atomic E-state index is -0.779. The highest BCUT2D eigenvalue weighted by molar-refractivity contribution is 8.00. The van der Waals surface area contributed by atoms with Crippen LogP contribution in [0.5, 0.6) is 0 Å². The van der Waals surface area contributed by atoms with Gasteiger partial charge in [0.15, 0.2) is 0 Å². The van der Waals surface area contributed by atoms with Gasteiger partial charge in [-0.05, 0) is 24.0 Å². The molecule has 18 heavy (non-hydrogen) atoms. The van der Waals surface area contributed by atoms with Gasteiger partial charge >= 0.3 is 12.0 Å². The van der Waals surface area contributed by atoms with Crippen LogP contribution in [0.4, 0.5) is 4.79 Å². The maximum absolute atomic E-state index is 11.7. The normalized spacial score (nSPS) is 20.7. The van der Waals surface area contributed by atoms with Gasteiger partial charge in [-0.25, -0.2) is 4.79 Å². The third kappa shape index (κ3) is 3.16. The lowest BCUT2D eigenvalue weighted by molar-refractivity contribution is -0.138. The Hall–Kier alpha value is -1.24. The van der Waals surface area contributed by atoms with Gasteiger partial charge in [-0.1, -0.05) is 0 Å². The first-order valence-electron chi connectivity index (χ1n) is 5.90. The topological polar surface area (TPSA) is 86.7 Å². The quantitative estimate of drug-likeness (QED) is 0.736. The van der Waals surface area contributed by atoms with Gasteiger partial charge in [0, 0.05) is 13.1 Å². The van der Waals surface area contributed by atoms with Crippen molar-refractivity contribution < 1.29 is 19.5 Å². The number of nitrogens with zero attached hydrogens (tertiary/aromatic N) is 1. The maximum atomic E-state index is 11.7. The van der Waals surface area contributed by atoms with Crippen LogP contribution >= 0.6 is 11.8 Å². The Balaban J connectivity index is 1.71. The molecule has 1 aliphatic heterocycles. The molecule has 0 aromatic rings. The highest BCUT2D eigenvalue weighted by Gasteiger charge is 2.44. The summed E-state index contributed by atoms with van der Waals surface area (Å²) in [5, 5.41) is 11.3. The molecule has 0 atom stereocenters. The average Bonchev–Trinajstić information content (AvgIpc) is 2.88. The lowest BCUT2D eigenvalue weighted by atomic mass is 10.1. The third-order valence-corrected chi connectivity index (χ3v) is 4.54. The molecule has 3 amide bonds. The van der Waals surface area contributed by atoms with Crippen molar-refractivity contribution in [3.63, 3.8) is 0 Å². The van der Waals surface area contributed by atoms with E-state index in [1.54, 1.807) is 0 Å². The van der Waals surface area contributed by atoms with Crippen LogP contribution in [0.3, 0.4) is 0 Å². The molecular weight excluding hydrogens is 256 g/mol. The molecule has 1 saturated carbocycles. The lowest BCUT2D eigenvalue weighted by Crippen LogP contribution is -2.35. The molecule has 2 N–H and O–H groups in total. The van der Waals surface area contributed by atoms with E-state index in [2.05, 4.69) is 5.32 Å². The van der Waals surface area contributed by atoms with Crippen molar-refractivity contribution in [3.05, 3.63) is 0 Å². The summed E-state index contributed by atoms with van der Waals surface area (Å²) in [4.78, 5) is 34.8. The zero-order valence-corrected chi connectivity index (χ0v) is 10.8. The van der Waals surface area contributed by atoms with Gasteiger partial charge in [0.1, 0.15) is 0 Å². The van der Waals surface area contributed by atoms with Crippen molar-refractivity contribution in [1.82, 2.24) is 10.2 Å². The van der Waals surface area contributed by atoms with E-state index in [0.29, 0.717) is 18.8 Å². The fourth-order valence-corrected chi connectivity index (χ4v) is 3.27. The Labute approximate surface area is 109 Å². The third-order valence-electron chi connectivity index (χ3n) is 3.27. The first-order chi connectivity index (χ1) is 8.52. The predicted octanol–water partition coefficient (Wildman–Crippen LogP) is 0.526. The number of carboxylic acid groups (broad SMARTS) is 1. The van der Waals surface area contributed by atoms with E-state index in [1.165, 1.54) is 16.7 Å². The molecule has 0 bridgehead atoms. The van der Waals surface area contributed by atoms with Crippen LogP contribution in [-0.2, 0) is 9.59 Å². The molecule has 0 spiro atoms. The SMILES string of the molecule is O=C(O)CC1(CSCC(=O)N2CCNC2=O)CC1. The molecule has 1 saturated heterocycles. The number of carbonyl (C=O) groups is 3. The van der Waals surface area contributed by atoms with Gasteiger partial charge in [-0.3, -0.25) is 14.5 Å². The van der Waals surface area contributed by atoms with E-state index in [9.17, 15) is 14.4 Å². The van der Waals surface area contributed by atoms with E-state index in [1.807, 2.05) is 0 Å².